The van der Waals surface area contributed by atoms with Gasteiger partial charge in [-0.2, -0.15) is 0 Å². The molecule has 1 rings (SSSR count). The van der Waals surface area contributed by atoms with Crippen LogP contribution in [0.2, 0.25) is 0 Å². The minimum absolute atomic E-state index is 0.0446. The summed E-state index contributed by atoms with van der Waals surface area (Å²) >= 11 is 3.44. The first-order valence-electron chi connectivity index (χ1n) is 5.63. The summed E-state index contributed by atoms with van der Waals surface area (Å²) in [6, 6.07) is 5.77. The van der Waals surface area contributed by atoms with E-state index in [-0.39, 0.29) is 5.91 Å². The number of nitrogens with one attached hydrogen (secondary N) is 1. The summed E-state index contributed by atoms with van der Waals surface area (Å²) in [7, 11) is 0. The molecule has 1 aromatic rings. The van der Waals surface area contributed by atoms with E-state index in [1.807, 2.05) is 25.1 Å². The van der Waals surface area contributed by atoms with E-state index < -0.39 is 0 Å². The fourth-order valence-corrected chi connectivity index (χ4v) is 1.83. The van der Waals surface area contributed by atoms with Gasteiger partial charge in [-0.1, -0.05) is 22.0 Å². The molecule has 0 heterocycles. The van der Waals surface area contributed by atoms with Gasteiger partial charge in [0.25, 0.3) is 0 Å². The normalized spacial score (nSPS) is 9.71. The number of halogens is 1. The van der Waals surface area contributed by atoms with Crippen molar-refractivity contribution < 1.29 is 4.79 Å². The number of amides is 1. The Kier molecular flexibility index (Phi) is 5.79. The molecule has 0 spiro atoms. The number of anilines is 1. The van der Waals surface area contributed by atoms with Gasteiger partial charge in [-0.3, -0.25) is 4.79 Å². The number of carbonyl (C=O) groups is 1. The van der Waals surface area contributed by atoms with Crippen LogP contribution in [0.15, 0.2) is 22.7 Å². The zero-order valence-corrected chi connectivity index (χ0v) is 11.5. The molecule has 17 heavy (non-hydrogen) atoms. The van der Waals surface area contributed by atoms with E-state index in [1.165, 1.54) is 0 Å². The lowest BCUT2D eigenvalue weighted by Gasteiger charge is -2.09. The molecule has 0 radical (unpaired) electrons. The number of hydrogen-bond donors (Lipinski definition) is 1. The van der Waals surface area contributed by atoms with E-state index in [4.69, 9.17) is 6.42 Å². The SMILES string of the molecule is C#CCCCCC(=O)Nc1cccc(Br)c1C. The highest BCUT2D eigenvalue weighted by Crippen LogP contribution is 2.23. The maximum Gasteiger partial charge on any atom is 0.224 e. The van der Waals surface area contributed by atoms with Crippen molar-refractivity contribution in [2.75, 3.05) is 5.32 Å². The van der Waals surface area contributed by atoms with Gasteiger partial charge in [0.2, 0.25) is 5.91 Å². The van der Waals surface area contributed by atoms with Gasteiger partial charge in [-0.25, -0.2) is 0 Å². The average Bonchev–Trinajstić information content (AvgIpc) is 2.31. The third kappa shape index (κ3) is 4.62. The highest BCUT2D eigenvalue weighted by atomic mass is 79.9. The third-order valence-corrected chi connectivity index (χ3v) is 3.38. The highest BCUT2D eigenvalue weighted by molar-refractivity contribution is 9.10. The van der Waals surface area contributed by atoms with Crippen molar-refractivity contribution in [1.29, 1.82) is 0 Å². The summed E-state index contributed by atoms with van der Waals surface area (Å²) in [5.41, 5.74) is 1.91. The fourth-order valence-electron chi connectivity index (χ4n) is 1.47. The Morgan fingerprint density at radius 2 is 2.24 bits per heavy atom. The topological polar surface area (TPSA) is 29.1 Å². The largest absolute Gasteiger partial charge is 0.326 e. The summed E-state index contributed by atoms with van der Waals surface area (Å²) in [5, 5.41) is 2.91. The first-order chi connectivity index (χ1) is 8.15. The predicted molar refractivity (Wildman–Crippen MR) is 74.8 cm³/mol. The molecule has 0 atom stereocenters. The number of hydrogen-bond acceptors (Lipinski definition) is 1. The van der Waals surface area contributed by atoms with E-state index in [0.717, 1.165) is 35.0 Å². The number of carbonyl (C=O) groups excluding carboxylic acids is 1. The third-order valence-electron chi connectivity index (χ3n) is 2.52. The summed E-state index contributed by atoms with van der Waals surface area (Å²) in [4.78, 5) is 11.7. The van der Waals surface area contributed by atoms with Gasteiger partial charge in [0, 0.05) is 23.0 Å². The molecule has 3 heteroatoms. The molecule has 0 saturated heterocycles. The van der Waals surface area contributed by atoms with Crippen LogP contribution >= 0.6 is 15.9 Å². The molecule has 0 saturated carbocycles. The van der Waals surface area contributed by atoms with E-state index in [0.29, 0.717) is 6.42 Å². The lowest BCUT2D eigenvalue weighted by atomic mass is 10.1. The van der Waals surface area contributed by atoms with Crippen LogP contribution in [0.25, 0.3) is 0 Å². The van der Waals surface area contributed by atoms with Crippen LogP contribution in [-0.4, -0.2) is 5.91 Å². The Hall–Kier alpha value is -1.27. The second-order valence-electron chi connectivity index (χ2n) is 3.87. The van der Waals surface area contributed by atoms with Gasteiger partial charge in [0.05, 0.1) is 0 Å². The van der Waals surface area contributed by atoms with Gasteiger partial charge >= 0.3 is 0 Å². The molecule has 1 aromatic carbocycles. The molecule has 0 aliphatic heterocycles. The van der Waals surface area contributed by atoms with Crippen molar-refractivity contribution in [3.8, 4) is 12.3 Å². The molecule has 1 amide bonds. The van der Waals surface area contributed by atoms with E-state index in [9.17, 15) is 4.79 Å². The Labute approximate surface area is 111 Å². The standard InChI is InChI=1S/C14H16BrNO/c1-3-4-5-6-10-14(17)16-13-9-7-8-12(15)11(13)2/h1,7-9H,4-6,10H2,2H3,(H,16,17). The minimum atomic E-state index is 0.0446. The number of unbranched alkanes of at least 4 members (excludes halogenated alkanes) is 2. The van der Waals surface area contributed by atoms with Gasteiger partial charge in [0.15, 0.2) is 0 Å². The molecule has 0 unspecified atom stereocenters. The Morgan fingerprint density at radius 1 is 1.47 bits per heavy atom. The fraction of sp³-hybridized carbons (Fsp3) is 0.357. The second kappa shape index (κ2) is 7.13. The molecule has 0 aliphatic carbocycles. The summed E-state index contributed by atoms with van der Waals surface area (Å²) in [6.45, 7) is 1.97. The maximum atomic E-state index is 11.7. The molecule has 1 N–H and O–H groups in total. The lowest BCUT2D eigenvalue weighted by molar-refractivity contribution is -0.116. The summed E-state index contributed by atoms with van der Waals surface area (Å²) in [6.07, 6.45) is 8.15. The highest BCUT2D eigenvalue weighted by Gasteiger charge is 2.05. The van der Waals surface area contributed by atoms with Gasteiger partial charge < -0.3 is 5.32 Å². The molecule has 0 fully saturated rings. The molecule has 0 aromatic heterocycles. The van der Waals surface area contributed by atoms with Crippen molar-refractivity contribution in [3.05, 3.63) is 28.2 Å². The molecule has 2 nitrogen and oxygen atoms in total. The zero-order chi connectivity index (χ0) is 12.7. The molecule has 0 bridgehead atoms. The van der Waals surface area contributed by atoms with Crippen molar-refractivity contribution in [2.24, 2.45) is 0 Å². The molecule has 90 valence electrons. The number of rotatable bonds is 5. The minimum Gasteiger partial charge on any atom is -0.326 e. The van der Waals surface area contributed by atoms with Crippen LogP contribution in [-0.2, 0) is 4.79 Å². The first-order valence-corrected chi connectivity index (χ1v) is 6.43. The zero-order valence-electron chi connectivity index (χ0n) is 9.92. The van der Waals surface area contributed by atoms with Gasteiger partial charge in [-0.15, -0.1) is 12.3 Å². The van der Waals surface area contributed by atoms with Crippen molar-refractivity contribution >= 4 is 27.5 Å². The monoisotopic (exact) mass is 293 g/mol. The maximum absolute atomic E-state index is 11.7. The van der Waals surface area contributed by atoms with Gasteiger partial charge in [-0.05, 0) is 37.5 Å². The van der Waals surface area contributed by atoms with Gasteiger partial charge in [0.1, 0.15) is 0 Å². The van der Waals surface area contributed by atoms with Crippen LogP contribution < -0.4 is 5.32 Å². The van der Waals surface area contributed by atoms with E-state index >= 15 is 0 Å². The Balaban J connectivity index is 2.46. The smallest absolute Gasteiger partial charge is 0.224 e. The second-order valence-corrected chi connectivity index (χ2v) is 4.73. The van der Waals surface area contributed by atoms with E-state index in [2.05, 4.69) is 27.2 Å². The van der Waals surface area contributed by atoms with Crippen LogP contribution in [0.3, 0.4) is 0 Å². The predicted octanol–water partition coefficient (Wildman–Crippen LogP) is 3.89. The molecular weight excluding hydrogens is 278 g/mol. The van der Waals surface area contributed by atoms with Crippen LogP contribution in [0.1, 0.15) is 31.2 Å². The average molecular weight is 294 g/mol. The first kappa shape index (κ1) is 13.8. The van der Waals surface area contributed by atoms with Crippen LogP contribution in [0.5, 0.6) is 0 Å². The summed E-state index contributed by atoms with van der Waals surface area (Å²) in [5.74, 6) is 2.61. The van der Waals surface area contributed by atoms with Crippen molar-refractivity contribution in [2.45, 2.75) is 32.6 Å². The summed E-state index contributed by atoms with van der Waals surface area (Å²) < 4.78 is 1.00. The van der Waals surface area contributed by atoms with Crippen LogP contribution in [0.4, 0.5) is 5.69 Å². The van der Waals surface area contributed by atoms with Crippen molar-refractivity contribution in [1.82, 2.24) is 0 Å². The number of terminal acetylenes is 1. The lowest BCUT2D eigenvalue weighted by Crippen LogP contribution is -2.12. The molecule has 0 aliphatic rings. The van der Waals surface area contributed by atoms with Crippen LogP contribution in [0, 0.1) is 19.3 Å². The Morgan fingerprint density at radius 3 is 2.94 bits per heavy atom. The number of benzene rings is 1. The molecular formula is C14H16BrNO. The quantitative estimate of drug-likeness (QED) is 0.648. The van der Waals surface area contributed by atoms with Crippen molar-refractivity contribution in [3.63, 3.8) is 0 Å². The Bertz CT molecular complexity index is 434. The van der Waals surface area contributed by atoms with E-state index in [1.54, 1.807) is 0 Å².